The molecule has 0 radical (unpaired) electrons. The lowest BCUT2D eigenvalue weighted by molar-refractivity contribution is 0.307. The van der Waals surface area contributed by atoms with Crippen LogP contribution in [0.1, 0.15) is 39.5 Å². The van der Waals surface area contributed by atoms with Gasteiger partial charge in [-0.1, -0.05) is 6.42 Å². The fourth-order valence-corrected chi connectivity index (χ4v) is 6.24. The summed E-state index contributed by atoms with van der Waals surface area (Å²) in [4.78, 5) is -0.0290. The molecule has 2 saturated heterocycles. The van der Waals surface area contributed by atoms with E-state index in [-0.39, 0.29) is 20.7 Å². The monoisotopic (exact) mass is 352 g/mol. The van der Waals surface area contributed by atoms with Gasteiger partial charge in [0.25, 0.3) is 0 Å². The highest BCUT2D eigenvalue weighted by molar-refractivity contribution is 8.02. The topological polar surface area (TPSA) is 25.1 Å². The highest BCUT2D eigenvalue weighted by atomic mass is 32.2. The van der Waals surface area contributed by atoms with Crippen LogP contribution in [0.3, 0.4) is 0 Å². The Bertz CT molecular complexity index is 337. The number of epoxide rings is 2. The van der Waals surface area contributed by atoms with Crippen molar-refractivity contribution >= 4 is 48.8 Å². The Labute approximate surface area is 141 Å². The molecule has 2 heterocycles. The van der Waals surface area contributed by atoms with Crippen molar-refractivity contribution in [3.8, 4) is 0 Å². The normalized spacial score (nSPS) is 51.0. The van der Waals surface area contributed by atoms with E-state index in [0.717, 1.165) is 11.8 Å². The van der Waals surface area contributed by atoms with Crippen LogP contribution >= 0.6 is 48.8 Å². The molecule has 116 valence electrons. The van der Waals surface area contributed by atoms with Gasteiger partial charge in [-0.15, -0.1) is 48.8 Å². The van der Waals surface area contributed by atoms with E-state index in [1.807, 2.05) is 23.5 Å². The molecule has 6 unspecified atom stereocenters. The van der Waals surface area contributed by atoms with Gasteiger partial charge in [-0.05, 0) is 56.5 Å². The zero-order valence-electron chi connectivity index (χ0n) is 12.1. The van der Waals surface area contributed by atoms with Crippen molar-refractivity contribution < 1.29 is 9.47 Å². The zero-order valence-corrected chi connectivity index (χ0v) is 15.5. The van der Waals surface area contributed by atoms with Crippen molar-refractivity contribution in [1.29, 1.82) is 0 Å². The summed E-state index contributed by atoms with van der Waals surface area (Å²) in [7, 11) is 0. The van der Waals surface area contributed by atoms with Gasteiger partial charge in [0.05, 0.1) is 0 Å². The molecule has 6 heteroatoms. The van der Waals surface area contributed by atoms with Gasteiger partial charge in [0, 0.05) is 0 Å². The maximum Gasteiger partial charge on any atom is 0.147 e. The third-order valence-corrected chi connectivity index (χ3v) is 9.17. The Morgan fingerprint density at radius 3 is 1.70 bits per heavy atom. The second kappa shape index (κ2) is 6.08. The molecule has 3 rings (SSSR count). The highest BCUT2D eigenvalue weighted by Crippen LogP contribution is 2.51. The van der Waals surface area contributed by atoms with E-state index in [4.69, 9.17) is 9.47 Å². The lowest BCUT2D eigenvalue weighted by Gasteiger charge is -2.29. The Morgan fingerprint density at radius 1 is 0.950 bits per heavy atom. The fraction of sp³-hybridized carbons (Fsp3) is 1.00. The molecular formula is C14H24O2S4. The van der Waals surface area contributed by atoms with Gasteiger partial charge in [-0.3, -0.25) is 0 Å². The molecule has 0 aromatic carbocycles. The van der Waals surface area contributed by atoms with Crippen molar-refractivity contribution in [3.63, 3.8) is 0 Å². The second-order valence-electron chi connectivity index (χ2n) is 6.49. The number of hydrogen-bond acceptors (Lipinski definition) is 6. The van der Waals surface area contributed by atoms with Gasteiger partial charge < -0.3 is 9.47 Å². The molecule has 3 aliphatic rings. The van der Waals surface area contributed by atoms with Gasteiger partial charge in [0.1, 0.15) is 20.7 Å². The van der Waals surface area contributed by atoms with E-state index < -0.39 is 0 Å². The summed E-state index contributed by atoms with van der Waals surface area (Å²) in [6.07, 6.45) is 5.50. The van der Waals surface area contributed by atoms with Gasteiger partial charge in [0.2, 0.25) is 0 Å². The third kappa shape index (κ3) is 3.80. The zero-order chi connectivity index (χ0) is 14.4. The predicted octanol–water partition coefficient (Wildman–Crippen LogP) is 4.26. The quantitative estimate of drug-likeness (QED) is 0.551. The predicted molar refractivity (Wildman–Crippen MR) is 94.9 cm³/mol. The van der Waals surface area contributed by atoms with E-state index in [1.165, 1.54) is 37.2 Å². The average Bonchev–Trinajstić information content (AvgIpc) is 3.23. The van der Waals surface area contributed by atoms with E-state index in [9.17, 15) is 0 Å². The lowest BCUT2D eigenvalue weighted by Crippen LogP contribution is -2.21. The molecular weight excluding hydrogens is 328 g/mol. The lowest BCUT2D eigenvalue weighted by atomic mass is 9.83. The highest BCUT2D eigenvalue weighted by Gasteiger charge is 2.52. The van der Waals surface area contributed by atoms with Crippen LogP contribution in [0, 0.1) is 11.8 Å². The molecule has 0 spiro atoms. The summed E-state index contributed by atoms with van der Waals surface area (Å²) in [5, 5.41) is 0. The van der Waals surface area contributed by atoms with Gasteiger partial charge in [0.15, 0.2) is 0 Å². The van der Waals surface area contributed by atoms with Gasteiger partial charge in [-0.2, -0.15) is 0 Å². The molecule has 3 fully saturated rings. The summed E-state index contributed by atoms with van der Waals surface area (Å²) in [5.41, 5.74) is 0.281. The molecule has 0 aromatic rings. The Balaban J connectivity index is 1.38. The largest absolute Gasteiger partial charge is 0.343 e. The molecule has 2 nitrogen and oxygen atoms in total. The third-order valence-electron chi connectivity index (χ3n) is 4.58. The van der Waals surface area contributed by atoms with E-state index in [0.29, 0.717) is 0 Å². The van der Waals surface area contributed by atoms with Crippen LogP contribution in [0.4, 0.5) is 0 Å². The number of hydrogen-bond donors (Lipinski definition) is 2. The van der Waals surface area contributed by atoms with Crippen molar-refractivity contribution in [2.75, 3.05) is 11.5 Å². The molecule has 1 saturated carbocycles. The van der Waals surface area contributed by atoms with E-state index in [1.54, 1.807) is 0 Å². The number of thiol groups is 2. The smallest absolute Gasteiger partial charge is 0.147 e. The molecule has 0 N–H and O–H groups in total. The minimum absolute atomic E-state index is 0.0145. The first-order valence-electron chi connectivity index (χ1n) is 7.41. The number of ether oxygens (including phenoxy) is 2. The second-order valence-corrected chi connectivity index (χ2v) is 10.3. The van der Waals surface area contributed by atoms with E-state index >= 15 is 0 Å². The first-order chi connectivity index (χ1) is 9.41. The van der Waals surface area contributed by atoms with Crippen molar-refractivity contribution in [1.82, 2.24) is 0 Å². The SMILES string of the molecule is CC1(SCC2CCCC(CSC3(C)OC3S)C2)OC1S. The molecule has 0 amide bonds. The van der Waals surface area contributed by atoms with Crippen LogP contribution in [0.5, 0.6) is 0 Å². The van der Waals surface area contributed by atoms with Crippen LogP contribution in [0.25, 0.3) is 0 Å². The summed E-state index contributed by atoms with van der Waals surface area (Å²) in [5.74, 6) is 4.14. The number of rotatable bonds is 6. The van der Waals surface area contributed by atoms with E-state index in [2.05, 4.69) is 39.1 Å². The van der Waals surface area contributed by atoms with Crippen LogP contribution in [0.15, 0.2) is 0 Å². The van der Waals surface area contributed by atoms with Crippen LogP contribution in [-0.2, 0) is 9.47 Å². The molecule has 6 atom stereocenters. The van der Waals surface area contributed by atoms with Crippen LogP contribution < -0.4 is 0 Å². The molecule has 1 aliphatic carbocycles. The Morgan fingerprint density at radius 2 is 1.35 bits per heavy atom. The Kier molecular flexibility index (Phi) is 4.92. The summed E-state index contributed by atoms with van der Waals surface area (Å²) in [6, 6.07) is 0. The summed E-state index contributed by atoms with van der Waals surface area (Å²) in [6.45, 7) is 4.31. The minimum Gasteiger partial charge on any atom is -0.343 e. The fourth-order valence-electron chi connectivity index (χ4n) is 2.86. The minimum atomic E-state index is -0.0145. The first-order valence-corrected chi connectivity index (χ1v) is 10.4. The molecule has 20 heavy (non-hydrogen) atoms. The maximum absolute atomic E-state index is 5.53. The van der Waals surface area contributed by atoms with Crippen LogP contribution in [-0.4, -0.2) is 32.2 Å². The summed E-state index contributed by atoms with van der Waals surface area (Å²) >= 11 is 12.7. The van der Waals surface area contributed by atoms with Gasteiger partial charge >= 0.3 is 0 Å². The van der Waals surface area contributed by atoms with Gasteiger partial charge in [-0.25, -0.2) is 0 Å². The summed E-state index contributed by atoms with van der Waals surface area (Å²) < 4.78 is 11.1. The van der Waals surface area contributed by atoms with Crippen molar-refractivity contribution in [2.45, 2.75) is 60.3 Å². The van der Waals surface area contributed by atoms with Crippen molar-refractivity contribution in [2.24, 2.45) is 11.8 Å². The first kappa shape index (κ1) is 16.2. The molecule has 2 aliphatic heterocycles. The molecule has 0 bridgehead atoms. The average molecular weight is 353 g/mol. The van der Waals surface area contributed by atoms with Crippen LogP contribution in [0.2, 0.25) is 0 Å². The van der Waals surface area contributed by atoms with Crippen molar-refractivity contribution in [3.05, 3.63) is 0 Å². The maximum atomic E-state index is 5.53. The Hall–Kier alpha value is 1.32. The standard InChI is InChI=1S/C14H24O2S4/c1-13(11(17)15-13)19-7-9-4-3-5-10(6-9)8-20-14(2)12(18)16-14/h9-12,17-18H,3-8H2,1-2H3. The number of thioether (sulfide) groups is 2. The molecule has 0 aromatic heterocycles.